The summed E-state index contributed by atoms with van der Waals surface area (Å²) in [6.45, 7) is 1.09. The fourth-order valence-electron chi connectivity index (χ4n) is 2.70. The van der Waals surface area contributed by atoms with Crippen molar-refractivity contribution < 1.29 is 14.0 Å². The summed E-state index contributed by atoms with van der Waals surface area (Å²) in [5, 5.41) is 2.91. The van der Waals surface area contributed by atoms with E-state index in [4.69, 9.17) is 4.42 Å². The number of carbonyl (C=O) groups is 2. The lowest BCUT2D eigenvalue weighted by atomic mass is 9.96. The molecule has 1 fully saturated rings. The predicted octanol–water partition coefficient (Wildman–Crippen LogP) is 2.77. The van der Waals surface area contributed by atoms with E-state index in [0.717, 1.165) is 18.5 Å². The number of furan rings is 1. The van der Waals surface area contributed by atoms with E-state index < -0.39 is 0 Å². The van der Waals surface area contributed by atoms with E-state index in [1.807, 2.05) is 30.3 Å². The number of rotatable bonds is 3. The lowest BCUT2D eigenvalue weighted by Crippen LogP contribution is -2.43. The molecule has 1 aliphatic heterocycles. The first kappa shape index (κ1) is 14.4. The Bertz CT molecular complexity index is 637. The maximum Gasteiger partial charge on any atom is 0.289 e. The van der Waals surface area contributed by atoms with Crippen LogP contribution in [0.2, 0.25) is 0 Å². The summed E-state index contributed by atoms with van der Waals surface area (Å²) < 4.78 is 5.15. The van der Waals surface area contributed by atoms with Gasteiger partial charge in [0, 0.05) is 18.8 Å². The Morgan fingerprint density at radius 1 is 1.14 bits per heavy atom. The average Bonchev–Trinajstić information content (AvgIpc) is 3.09. The summed E-state index contributed by atoms with van der Waals surface area (Å²) in [4.78, 5) is 26.3. The van der Waals surface area contributed by atoms with Crippen molar-refractivity contribution in [2.75, 3.05) is 18.4 Å². The van der Waals surface area contributed by atoms with Crippen LogP contribution in [0.3, 0.4) is 0 Å². The number of para-hydroxylation sites is 1. The molecule has 0 radical (unpaired) electrons. The summed E-state index contributed by atoms with van der Waals surface area (Å²) in [6, 6.07) is 12.7. The van der Waals surface area contributed by atoms with Gasteiger partial charge in [0.15, 0.2) is 5.76 Å². The molecule has 0 bridgehead atoms. The summed E-state index contributed by atoms with van der Waals surface area (Å²) in [7, 11) is 0. The number of nitrogens with one attached hydrogen (secondary N) is 1. The molecule has 0 spiro atoms. The number of nitrogens with zero attached hydrogens (tertiary/aromatic N) is 1. The molecule has 2 aromatic rings. The Hall–Kier alpha value is -2.56. The molecule has 1 aromatic carbocycles. The normalized spacial score (nSPS) is 18.0. The second-order valence-electron chi connectivity index (χ2n) is 5.42. The number of carbonyl (C=O) groups excluding carboxylic acids is 2. The van der Waals surface area contributed by atoms with Crippen molar-refractivity contribution in [2.45, 2.75) is 12.8 Å². The molecule has 1 atom stereocenters. The third-order valence-corrected chi connectivity index (χ3v) is 3.85. The van der Waals surface area contributed by atoms with Crippen LogP contribution in [-0.2, 0) is 4.79 Å². The number of hydrogen-bond acceptors (Lipinski definition) is 3. The number of amides is 2. The van der Waals surface area contributed by atoms with Gasteiger partial charge in [0.05, 0.1) is 12.2 Å². The number of benzene rings is 1. The van der Waals surface area contributed by atoms with Crippen LogP contribution in [-0.4, -0.2) is 29.8 Å². The number of anilines is 1. The van der Waals surface area contributed by atoms with Gasteiger partial charge in [0.25, 0.3) is 5.91 Å². The van der Waals surface area contributed by atoms with Crippen LogP contribution >= 0.6 is 0 Å². The minimum Gasteiger partial charge on any atom is -0.459 e. The van der Waals surface area contributed by atoms with E-state index >= 15 is 0 Å². The molecule has 5 heteroatoms. The number of likely N-dealkylation sites (tertiary alicyclic amines) is 1. The highest BCUT2D eigenvalue weighted by atomic mass is 16.3. The van der Waals surface area contributed by atoms with Crippen LogP contribution in [0.25, 0.3) is 0 Å². The first-order valence-electron chi connectivity index (χ1n) is 7.43. The van der Waals surface area contributed by atoms with Gasteiger partial charge < -0.3 is 14.6 Å². The monoisotopic (exact) mass is 298 g/mol. The molecule has 0 saturated carbocycles. The Balaban J connectivity index is 1.63. The molecule has 114 valence electrons. The Morgan fingerprint density at radius 3 is 2.68 bits per heavy atom. The third-order valence-electron chi connectivity index (χ3n) is 3.85. The van der Waals surface area contributed by atoms with Crippen LogP contribution in [0.1, 0.15) is 23.4 Å². The van der Waals surface area contributed by atoms with Gasteiger partial charge in [-0.25, -0.2) is 0 Å². The van der Waals surface area contributed by atoms with Crippen LogP contribution in [0.4, 0.5) is 5.69 Å². The van der Waals surface area contributed by atoms with Crippen LogP contribution in [0.15, 0.2) is 53.1 Å². The maximum atomic E-state index is 12.3. The predicted molar refractivity (Wildman–Crippen MR) is 82.4 cm³/mol. The molecular formula is C17H18N2O3. The molecule has 2 amide bonds. The van der Waals surface area contributed by atoms with E-state index in [9.17, 15) is 9.59 Å². The highest BCUT2D eigenvalue weighted by Crippen LogP contribution is 2.20. The minimum atomic E-state index is -0.187. The third kappa shape index (κ3) is 3.19. The van der Waals surface area contributed by atoms with Gasteiger partial charge in [-0.05, 0) is 37.1 Å². The fourth-order valence-corrected chi connectivity index (χ4v) is 2.70. The summed E-state index contributed by atoms with van der Waals surface area (Å²) in [5.41, 5.74) is 0.780. The standard InChI is InChI=1S/C17H18N2O3/c20-16(18-14-7-2-1-3-8-14)13-6-4-10-19(12-13)17(21)15-9-5-11-22-15/h1-3,5,7-9,11,13H,4,6,10,12H2,(H,18,20). The van der Waals surface area contributed by atoms with E-state index in [-0.39, 0.29) is 17.7 Å². The van der Waals surface area contributed by atoms with Gasteiger partial charge in [-0.1, -0.05) is 18.2 Å². The molecule has 2 heterocycles. The summed E-state index contributed by atoms with van der Waals surface area (Å²) >= 11 is 0. The molecule has 3 rings (SSSR count). The molecular weight excluding hydrogens is 280 g/mol. The van der Waals surface area contributed by atoms with Crippen LogP contribution < -0.4 is 5.32 Å². The molecule has 5 nitrogen and oxygen atoms in total. The van der Waals surface area contributed by atoms with E-state index in [1.165, 1.54) is 6.26 Å². The lowest BCUT2D eigenvalue weighted by molar-refractivity contribution is -0.121. The lowest BCUT2D eigenvalue weighted by Gasteiger charge is -2.31. The SMILES string of the molecule is O=C(Nc1ccccc1)C1CCCN(C(=O)c2ccco2)C1. The molecule has 1 aromatic heterocycles. The summed E-state index contributed by atoms with van der Waals surface area (Å²) in [5.74, 6) is -0.0534. The van der Waals surface area contributed by atoms with Gasteiger partial charge in [-0.15, -0.1) is 0 Å². The van der Waals surface area contributed by atoms with Gasteiger partial charge in [0.2, 0.25) is 5.91 Å². The summed E-state index contributed by atoms with van der Waals surface area (Å²) in [6.07, 6.45) is 3.09. The van der Waals surface area contributed by atoms with Crippen molar-refractivity contribution in [2.24, 2.45) is 5.92 Å². The minimum absolute atomic E-state index is 0.0388. The fraction of sp³-hybridized carbons (Fsp3) is 0.294. The smallest absolute Gasteiger partial charge is 0.289 e. The molecule has 1 N–H and O–H groups in total. The van der Waals surface area contributed by atoms with Crippen molar-refractivity contribution >= 4 is 17.5 Å². The maximum absolute atomic E-state index is 12.3. The first-order chi connectivity index (χ1) is 10.7. The quantitative estimate of drug-likeness (QED) is 0.947. The zero-order valence-corrected chi connectivity index (χ0v) is 12.2. The molecule has 1 unspecified atom stereocenters. The van der Waals surface area contributed by atoms with Crippen LogP contribution in [0.5, 0.6) is 0 Å². The van der Waals surface area contributed by atoms with Crippen molar-refractivity contribution in [1.29, 1.82) is 0 Å². The molecule has 22 heavy (non-hydrogen) atoms. The van der Waals surface area contributed by atoms with E-state index in [1.54, 1.807) is 17.0 Å². The number of hydrogen-bond donors (Lipinski definition) is 1. The highest BCUT2D eigenvalue weighted by Gasteiger charge is 2.29. The van der Waals surface area contributed by atoms with E-state index in [0.29, 0.717) is 18.8 Å². The molecule has 1 saturated heterocycles. The second kappa shape index (κ2) is 6.47. The van der Waals surface area contributed by atoms with Crippen molar-refractivity contribution in [1.82, 2.24) is 4.90 Å². The van der Waals surface area contributed by atoms with Crippen molar-refractivity contribution in [3.05, 3.63) is 54.5 Å². The van der Waals surface area contributed by atoms with Gasteiger partial charge in [0.1, 0.15) is 0 Å². The Morgan fingerprint density at radius 2 is 1.95 bits per heavy atom. The van der Waals surface area contributed by atoms with Crippen molar-refractivity contribution in [3.63, 3.8) is 0 Å². The number of piperidine rings is 1. The highest BCUT2D eigenvalue weighted by molar-refractivity contribution is 5.94. The van der Waals surface area contributed by atoms with E-state index in [2.05, 4.69) is 5.32 Å². The average molecular weight is 298 g/mol. The molecule has 0 aliphatic carbocycles. The van der Waals surface area contributed by atoms with Gasteiger partial charge >= 0.3 is 0 Å². The Kier molecular flexibility index (Phi) is 4.23. The molecule has 1 aliphatic rings. The topological polar surface area (TPSA) is 62.6 Å². The van der Waals surface area contributed by atoms with Crippen LogP contribution in [0, 0.1) is 5.92 Å². The largest absolute Gasteiger partial charge is 0.459 e. The Labute approximate surface area is 128 Å². The van der Waals surface area contributed by atoms with Crippen molar-refractivity contribution in [3.8, 4) is 0 Å². The second-order valence-corrected chi connectivity index (χ2v) is 5.42. The van der Waals surface area contributed by atoms with Gasteiger partial charge in [-0.2, -0.15) is 0 Å². The zero-order valence-electron chi connectivity index (χ0n) is 12.2. The first-order valence-corrected chi connectivity index (χ1v) is 7.43. The zero-order chi connectivity index (χ0) is 15.4. The van der Waals surface area contributed by atoms with Gasteiger partial charge in [-0.3, -0.25) is 9.59 Å².